The van der Waals surface area contributed by atoms with Crippen molar-refractivity contribution in [2.75, 3.05) is 19.8 Å². The second kappa shape index (κ2) is 16.9. The Morgan fingerprint density at radius 1 is 1.15 bits per heavy atom. The van der Waals surface area contributed by atoms with Crippen LogP contribution >= 0.6 is 23.2 Å². The van der Waals surface area contributed by atoms with E-state index in [0.29, 0.717) is 30.4 Å². The van der Waals surface area contributed by atoms with Crippen LogP contribution in [0.3, 0.4) is 0 Å². The van der Waals surface area contributed by atoms with Crippen molar-refractivity contribution in [2.45, 2.75) is 82.7 Å². The van der Waals surface area contributed by atoms with Gasteiger partial charge in [-0.15, -0.1) is 11.6 Å². The number of ether oxygens (including phenoxy) is 5. The third-order valence-electron chi connectivity index (χ3n) is 6.92. The maximum absolute atomic E-state index is 11.6. The average molecular weight is 584 g/mol. The molecule has 1 aromatic carbocycles. The molecule has 0 radical (unpaired) electrons. The Morgan fingerprint density at radius 3 is 2.74 bits per heavy atom. The van der Waals surface area contributed by atoms with Crippen molar-refractivity contribution in [1.29, 1.82) is 0 Å². The van der Waals surface area contributed by atoms with Gasteiger partial charge in [0.2, 0.25) is 0 Å². The molecule has 39 heavy (non-hydrogen) atoms. The molecule has 2 aliphatic rings. The van der Waals surface area contributed by atoms with E-state index in [2.05, 4.69) is 18.7 Å². The molecular formula is C30H40Cl2O7. The highest BCUT2D eigenvalue weighted by atomic mass is 35.5. The molecule has 1 saturated heterocycles. The Bertz CT molecular complexity index is 961. The zero-order chi connectivity index (χ0) is 28.0. The predicted molar refractivity (Wildman–Crippen MR) is 151 cm³/mol. The standard InChI is InChI=1S/C30H40Cl2O7/c1-3-13-35-29(34)11-7-5-4-6-10-25-26(28(18-27(25)32)39-30-12-8-9-14-36-30)20-38-24-16-22(15-23(31)17-24)19-37-21(2)33/h3-4,6,15-17,25-28,30H,1,5,7-14,18-20H2,2H3/t25-,26-,27-,28-,30?/m1/s1. The molecule has 1 aliphatic carbocycles. The molecule has 0 spiro atoms. The summed E-state index contributed by atoms with van der Waals surface area (Å²) in [5, 5.41) is 0.442. The molecule has 2 fully saturated rings. The maximum atomic E-state index is 11.6. The van der Waals surface area contributed by atoms with Crippen LogP contribution in [0.4, 0.5) is 0 Å². The SMILES string of the molecule is C=CCOC(=O)CCCC=CC[C@@H]1[C@@H](COc2cc(Cl)cc(COC(C)=O)c2)[C@H](OC2CCCCO2)C[C@H]1Cl. The van der Waals surface area contributed by atoms with Gasteiger partial charge in [0, 0.05) is 36.3 Å². The monoisotopic (exact) mass is 582 g/mol. The van der Waals surface area contributed by atoms with Gasteiger partial charge in [0.05, 0.1) is 12.7 Å². The molecule has 216 valence electrons. The lowest BCUT2D eigenvalue weighted by atomic mass is 9.91. The lowest BCUT2D eigenvalue weighted by molar-refractivity contribution is -0.197. The van der Waals surface area contributed by atoms with Crippen LogP contribution in [0.2, 0.25) is 5.02 Å². The first-order valence-corrected chi connectivity index (χ1v) is 14.6. The molecule has 1 saturated carbocycles. The third kappa shape index (κ3) is 11.1. The van der Waals surface area contributed by atoms with Gasteiger partial charge < -0.3 is 23.7 Å². The van der Waals surface area contributed by atoms with Crippen LogP contribution in [0, 0.1) is 11.8 Å². The Hall–Kier alpha value is -2.06. The number of halogens is 2. The van der Waals surface area contributed by atoms with Gasteiger partial charge in [-0.3, -0.25) is 9.59 Å². The largest absolute Gasteiger partial charge is 0.493 e. The van der Waals surface area contributed by atoms with Crippen molar-refractivity contribution in [1.82, 2.24) is 0 Å². The number of benzene rings is 1. The molecule has 1 heterocycles. The maximum Gasteiger partial charge on any atom is 0.306 e. The highest BCUT2D eigenvalue weighted by Crippen LogP contribution is 2.42. The molecule has 0 bridgehead atoms. The van der Waals surface area contributed by atoms with Gasteiger partial charge in [-0.2, -0.15) is 0 Å². The minimum Gasteiger partial charge on any atom is -0.493 e. The average Bonchev–Trinajstić information content (AvgIpc) is 3.20. The molecule has 7 nitrogen and oxygen atoms in total. The van der Waals surface area contributed by atoms with Crippen molar-refractivity contribution >= 4 is 35.1 Å². The number of allylic oxidation sites excluding steroid dienone is 2. The summed E-state index contributed by atoms with van der Waals surface area (Å²) >= 11 is 13.2. The van der Waals surface area contributed by atoms with E-state index in [4.69, 9.17) is 46.9 Å². The van der Waals surface area contributed by atoms with Crippen LogP contribution in [0.15, 0.2) is 43.0 Å². The van der Waals surface area contributed by atoms with E-state index in [0.717, 1.165) is 50.5 Å². The molecule has 0 aromatic heterocycles. The van der Waals surface area contributed by atoms with E-state index in [1.807, 2.05) is 6.07 Å². The molecule has 1 aliphatic heterocycles. The van der Waals surface area contributed by atoms with E-state index >= 15 is 0 Å². The van der Waals surface area contributed by atoms with Crippen LogP contribution < -0.4 is 4.74 Å². The zero-order valence-electron chi connectivity index (χ0n) is 22.7. The fraction of sp³-hybridized carbons (Fsp3) is 0.600. The zero-order valence-corrected chi connectivity index (χ0v) is 24.2. The Kier molecular flexibility index (Phi) is 13.6. The summed E-state index contributed by atoms with van der Waals surface area (Å²) in [5.74, 6) is 0.235. The number of alkyl halides is 1. The summed E-state index contributed by atoms with van der Waals surface area (Å²) in [5.41, 5.74) is 0.755. The normalized spacial score (nSPS) is 24.9. The van der Waals surface area contributed by atoms with Crippen LogP contribution in [0.1, 0.15) is 63.9 Å². The fourth-order valence-corrected chi connectivity index (χ4v) is 5.68. The van der Waals surface area contributed by atoms with Gasteiger partial charge in [0.15, 0.2) is 6.29 Å². The number of rotatable bonds is 15. The van der Waals surface area contributed by atoms with E-state index in [-0.39, 0.29) is 54.8 Å². The summed E-state index contributed by atoms with van der Waals surface area (Å²) in [4.78, 5) is 22.9. The predicted octanol–water partition coefficient (Wildman–Crippen LogP) is 6.78. The minimum absolute atomic E-state index is 0.0486. The highest BCUT2D eigenvalue weighted by molar-refractivity contribution is 6.30. The number of hydrogen-bond donors (Lipinski definition) is 0. The molecule has 1 aromatic rings. The summed E-state index contributed by atoms with van der Waals surface area (Å²) < 4.78 is 28.6. The van der Waals surface area contributed by atoms with Crippen LogP contribution in [0.5, 0.6) is 5.75 Å². The van der Waals surface area contributed by atoms with Crippen molar-refractivity contribution < 1.29 is 33.3 Å². The Labute approximate surface area is 241 Å². The summed E-state index contributed by atoms with van der Waals surface area (Å²) in [7, 11) is 0. The third-order valence-corrected chi connectivity index (χ3v) is 7.64. The van der Waals surface area contributed by atoms with Crippen LogP contribution in [-0.2, 0) is 35.1 Å². The molecule has 3 rings (SSSR count). The molecular weight excluding hydrogens is 543 g/mol. The van der Waals surface area contributed by atoms with Gasteiger partial charge in [-0.05, 0) is 74.6 Å². The number of carbonyl (C=O) groups is 2. The van der Waals surface area contributed by atoms with Crippen molar-refractivity contribution in [3.8, 4) is 5.75 Å². The number of unbranched alkanes of at least 4 members (excludes halogenated alkanes) is 1. The fourth-order valence-electron chi connectivity index (χ4n) is 4.96. The lowest BCUT2D eigenvalue weighted by Crippen LogP contribution is -2.34. The smallest absolute Gasteiger partial charge is 0.306 e. The molecule has 1 unspecified atom stereocenters. The quantitative estimate of drug-likeness (QED) is 0.0974. The van der Waals surface area contributed by atoms with Crippen molar-refractivity contribution in [3.63, 3.8) is 0 Å². The summed E-state index contributed by atoms with van der Waals surface area (Å²) in [6, 6.07) is 5.33. The van der Waals surface area contributed by atoms with Gasteiger partial charge >= 0.3 is 11.9 Å². The second-order valence-electron chi connectivity index (χ2n) is 10.0. The van der Waals surface area contributed by atoms with Crippen molar-refractivity contribution in [3.05, 3.63) is 53.6 Å². The topological polar surface area (TPSA) is 80.3 Å². The van der Waals surface area contributed by atoms with Gasteiger partial charge in [0.25, 0.3) is 0 Å². The molecule has 0 amide bonds. The number of esters is 2. The molecule has 0 N–H and O–H groups in total. The summed E-state index contributed by atoms with van der Waals surface area (Å²) in [6.45, 7) is 6.40. The van der Waals surface area contributed by atoms with Crippen LogP contribution in [0.25, 0.3) is 0 Å². The van der Waals surface area contributed by atoms with E-state index in [1.54, 1.807) is 18.2 Å². The van der Waals surface area contributed by atoms with Crippen molar-refractivity contribution in [2.24, 2.45) is 11.8 Å². The second-order valence-corrected chi connectivity index (χ2v) is 11.0. The molecule has 9 heteroatoms. The first kappa shape index (κ1) is 31.5. The minimum atomic E-state index is -0.356. The lowest BCUT2D eigenvalue weighted by Gasteiger charge is -2.30. The first-order chi connectivity index (χ1) is 18.9. The van der Waals surface area contributed by atoms with E-state index in [9.17, 15) is 9.59 Å². The van der Waals surface area contributed by atoms with Gasteiger partial charge in [-0.25, -0.2) is 0 Å². The van der Waals surface area contributed by atoms with Gasteiger partial charge in [-0.1, -0.05) is 36.4 Å². The Balaban J connectivity index is 1.61. The summed E-state index contributed by atoms with van der Waals surface area (Å²) in [6.07, 6.45) is 11.9. The highest BCUT2D eigenvalue weighted by Gasteiger charge is 2.44. The van der Waals surface area contributed by atoms with Crippen LogP contribution in [-0.4, -0.2) is 49.5 Å². The van der Waals surface area contributed by atoms with Gasteiger partial charge in [0.1, 0.15) is 19.0 Å². The van der Waals surface area contributed by atoms with E-state index in [1.165, 1.54) is 6.92 Å². The molecule has 5 atom stereocenters. The number of hydrogen-bond acceptors (Lipinski definition) is 7. The number of carbonyl (C=O) groups excluding carboxylic acids is 2. The van der Waals surface area contributed by atoms with E-state index < -0.39 is 0 Å². The first-order valence-electron chi connectivity index (χ1n) is 13.7. The Morgan fingerprint density at radius 2 is 2.00 bits per heavy atom.